The summed E-state index contributed by atoms with van der Waals surface area (Å²) < 4.78 is 13.4. The van der Waals surface area contributed by atoms with Gasteiger partial charge >= 0.3 is 5.97 Å². The number of rotatable bonds is 5. The predicted molar refractivity (Wildman–Crippen MR) is 75.1 cm³/mol. The van der Waals surface area contributed by atoms with Gasteiger partial charge in [0.2, 0.25) is 0 Å². The Hall–Kier alpha value is -1.89. The second kappa shape index (κ2) is 5.85. The maximum Gasteiger partial charge on any atom is 0.305 e. The van der Waals surface area contributed by atoms with Crippen molar-refractivity contribution in [3.8, 4) is 0 Å². The monoisotopic (exact) mass is 316 g/mol. The number of nitrogens with zero attached hydrogens (tertiary/aromatic N) is 1. The molecule has 6 nitrogen and oxygen atoms in total. The van der Waals surface area contributed by atoms with E-state index in [0.717, 1.165) is 25.0 Å². The average Bonchev–Trinajstić information content (AvgIpc) is 2.80. The zero-order valence-corrected chi connectivity index (χ0v) is 11.8. The van der Waals surface area contributed by atoms with Crippen molar-refractivity contribution >= 4 is 28.9 Å². The summed E-state index contributed by atoms with van der Waals surface area (Å²) in [6.07, 6.45) is 2.70. The molecule has 1 fully saturated rings. The molecule has 2 rings (SSSR count). The summed E-state index contributed by atoms with van der Waals surface area (Å²) in [4.78, 5) is 21.3. The topological polar surface area (TPSA) is 92.5 Å². The highest BCUT2D eigenvalue weighted by molar-refractivity contribution is 6.31. The Morgan fingerprint density at radius 2 is 2.10 bits per heavy atom. The molecule has 1 aromatic rings. The molecule has 1 aliphatic carbocycles. The normalized spacial score (nSPS) is 16.7. The third-order valence-electron chi connectivity index (χ3n) is 3.69. The summed E-state index contributed by atoms with van der Waals surface area (Å²) in [5.41, 5.74) is -1.15. The predicted octanol–water partition coefficient (Wildman–Crippen LogP) is 3.59. The van der Waals surface area contributed by atoms with Gasteiger partial charge in [0.15, 0.2) is 0 Å². The van der Waals surface area contributed by atoms with E-state index < -0.39 is 27.9 Å². The first kappa shape index (κ1) is 15.5. The van der Waals surface area contributed by atoms with Crippen molar-refractivity contribution in [3.05, 3.63) is 33.1 Å². The van der Waals surface area contributed by atoms with E-state index in [1.54, 1.807) is 0 Å². The number of halogens is 2. The van der Waals surface area contributed by atoms with Crippen LogP contribution in [0.5, 0.6) is 0 Å². The summed E-state index contributed by atoms with van der Waals surface area (Å²) in [5, 5.41) is 22.7. The maximum atomic E-state index is 13.4. The fourth-order valence-corrected chi connectivity index (χ4v) is 2.92. The van der Waals surface area contributed by atoms with Crippen molar-refractivity contribution in [2.45, 2.75) is 37.6 Å². The molecule has 21 heavy (non-hydrogen) atoms. The second-order valence-electron chi connectivity index (χ2n) is 5.22. The molecule has 1 aromatic carbocycles. The lowest BCUT2D eigenvalue weighted by Gasteiger charge is -2.29. The van der Waals surface area contributed by atoms with Gasteiger partial charge in [0.1, 0.15) is 11.5 Å². The van der Waals surface area contributed by atoms with Crippen LogP contribution in [0, 0.1) is 15.9 Å². The van der Waals surface area contributed by atoms with Crippen LogP contribution < -0.4 is 5.32 Å². The first-order chi connectivity index (χ1) is 9.83. The van der Waals surface area contributed by atoms with E-state index in [-0.39, 0.29) is 17.1 Å². The van der Waals surface area contributed by atoms with Gasteiger partial charge in [-0.05, 0) is 18.9 Å². The number of hydrogen-bond acceptors (Lipinski definition) is 4. The lowest BCUT2D eigenvalue weighted by molar-refractivity contribution is -0.384. The van der Waals surface area contributed by atoms with Crippen LogP contribution in [0.1, 0.15) is 32.1 Å². The molecule has 0 spiro atoms. The molecule has 0 bridgehead atoms. The molecule has 8 heteroatoms. The van der Waals surface area contributed by atoms with Crippen LogP contribution in [0.15, 0.2) is 12.1 Å². The van der Waals surface area contributed by atoms with Crippen LogP contribution in [0.2, 0.25) is 5.02 Å². The van der Waals surface area contributed by atoms with Gasteiger partial charge < -0.3 is 10.4 Å². The number of carboxylic acids is 1. The summed E-state index contributed by atoms with van der Waals surface area (Å²) in [7, 11) is 0. The van der Waals surface area contributed by atoms with Crippen LogP contribution in [0.3, 0.4) is 0 Å². The molecule has 0 amide bonds. The quantitative estimate of drug-likeness (QED) is 0.639. The van der Waals surface area contributed by atoms with Crippen molar-refractivity contribution in [1.29, 1.82) is 0 Å². The summed E-state index contributed by atoms with van der Waals surface area (Å²) in [6, 6.07) is 1.88. The highest BCUT2D eigenvalue weighted by Gasteiger charge is 2.37. The lowest BCUT2D eigenvalue weighted by atomic mass is 9.92. The molecule has 0 radical (unpaired) electrons. The summed E-state index contributed by atoms with van der Waals surface area (Å²) >= 11 is 5.67. The van der Waals surface area contributed by atoms with E-state index in [9.17, 15) is 19.3 Å². The first-order valence-corrected chi connectivity index (χ1v) is 6.84. The lowest BCUT2D eigenvalue weighted by Crippen LogP contribution is -2.37. The summed E-state index contributed by atoms with van der Waals surface area (Å²) in [5.74, 6) is -1.87. The standard InChI is InChI=1S/C13H14ClFN2O4/c14-8-5-10(11(17(20)21)6-9(8)15)16-13(7-12(18)19)3-1-2-4-13/h5-6,16H,1-4,7H2,(H,18,19). The smallest absolute Gasteiger partial charge is 0.305 e. The van der Waals surface area contributed by atoms with Gasteiger partial charge in [-0.3, -0.25) is 14.9 Å². The number of hydrogen-bond donors (Lipinski definition) is 2. The Labute approximate surface area is 125 Å². The molecule has 0 unspecified atom stereocenters. The molecular formula is C13H14ClFN2O4. The van der Waals surface area contributed by atoms with Crippen molar-refractivity contribution < 1.29 is 19.2 Å². The van der Waals surface area contributed by atoms with Crippen LogP contribution in [0.4, 0.5) is 15.8 Å². The van der Waals surface area contributed by atoms with Crippen molar-refractivity contribution in [1.82, 2.24) is 0 Å². The second-order valence-corrected chi connectivity index (χ2v) is 5.63. The van der Waals surface area contributed by atoms with Gasteiger partial charge in [0, 0.05) is 5.54 Å². The minimum Gasteiger partial charge on any atom is -0.481 e. The van der Waals surface area contributed by atoms with Gasteiger partial charge in [-0.1, -0.05) is 24.4 Å². The third-order valence-corrected chi connectivity index (χ3v) is 3.98. The number of benzene rings is 1. The van der Waals surface area contributed by atoms with E-state index in [2.05, 4.69) is 5.32 Å². The number of anilines is 1. The van der Waals surface area contributed by atoms with Crippen molar-refractivity contribution in [2.75, 3.05) is 5.32 Å². The zero-order chi connectivity index (χ0) is 15.6. The Morgan fingerprint density at radius 3 is 2.62 bits per heavy atom. The Bertz CT molecular complexity index is 588. The zero-order valence-electron chi connectivity index (χ0n) is 11.1. The number of nitrogens with one attached hydrogen (secondary N) is 1. The molecule has 0 heterocycles. The number of aliphatic carboxylic acids is 1. The minimum absolute atomic E-state index is 0.0505. The molecule has 2 N–H and O–H groups in total. The number of carboxylic acid groups (broad SMARTS) is 1. The van der Waals surface area contributed by atoms with E-state index in [1.165, 1.54) is 0 Å². The van der Waals surface area contributed by atoms with Crippen LogP contribution in [0.25, 0.3) is 0 Å². The Kier molecular flexibility index (Phi) is 4.32. The molecular weight excluding hydrogens is 303 g/mol. The van der Waals surface area contributed by atoms with Crippen molar-refractivity contribution in [3.63, 3.8) is 0 Å². The van der Waals surface area contributed by atoms with Gasteiger partial charge in [-0.25, -0.2) is 4.39 Å². The number of carbonyl (C=O) groups is 1. The van der Waals surface area contributed by atoms with E-state index in [0.29, 0.717) is 12.8 Å². The maximum absolute atomic E-state index is 13.4. The Morgan fingerprint density at radius 1 is 1.48 bits per heavy atom. The molecule has 0 aliphatic heterocycles. The largest absolute Gasteiger partial charge is 0.481 e. The molecule has 114 valence electrons. The van der Waals surface area contributed by atoms with Gasteiger partial charge in [-0.15, -0.1) is 0 Å². The van der Waals surface area contributed by atoms with Gasteiger partial charge in [0.25, 0.3) is 5.69 Å². The van der Waals surface area contributed by atoms with Crippen LogP contribution >= 0.6 is 11.6 Å². The minimum atomic E-state index is -0.986. The number of nitro groups is 1. The molecule has 1 aliphatic rings. The van der Waals surface area contributed by atoms with E-state index >= 15 is 0 Å². The van der Waals surface area contributed by atoms with E-state index in [1.807, 2.05) is 0 Å². The van der Waals surface area contributed by atoms with E-state index in [4.69, 9.17) is 16.7 Å². The van der Waals surface area contributed by atoms with Gasteiger partial charge in [0.05, 0.1) is 22.4 Å². The number of nitro benzene ring substituents is 1. The van der Waals surface area contributed by atoms with Crippen molar-refractivity contribution in [2.24, 2.45) is 0 Å². The average molecular weight is 317 g/mol. The van der Waals surface area contributed by atoms with Crippen LogP contribution in [-0.4, -0.2) is 21.5 Å². The third kappa shape index (κ3) is 3.41. The molecule has 1 saturated carbocycles. The fourth-order valence-electron chi connectivity index (χ4n) is 2.76. The van der Waals surface area contributed by atoms with Crippen LogP contribution in [-0.2, 0) is 4.79 Å². The SMILES string of the molecule is O=C(O)CC1(Nc2cc(Cl)c(F)cc2[N+](=O)[O-])CCCC1. The molecule has 0 atom stereocenters. The first-order valence-electron chi connectivity index (χ1n) is 6.46. The van der Waals surface area contributed by atoms with Gasteiger partial charge in [-0.2, -0.15) is 0 Å². The Balaban J connectivity index is 2.38. The highest BCUT2D eigenvalue weighted by atomic mass is 35.5. The molecule has 0 aromatic heterocycles. The molecule has 0 saturated heterocycles. The fraction of sp³-hybridized carbons (Fsp3) is 0.462. The highest BCUT2D eigenvalue weighted by Crippen LogP contribution is 2.39. The summed E-state index contributed by atoms with van der Waals surface area (Å²) in [6.45, 7) is 0.